The highest BCUT2D eigenvalue weighted by Crippen LogP contribution is 2.38. The number of alkyl halides is 3. The molecule has 0 bridgehead atoms. The van der Waals surface area contributed by atoms with Gasteiger partial charge in [-0.15, -0.1) is 0 Å². The molecule has 0 unspecified atom stereocenters. The molecule has 1 saturated heterocycles. The normalized spacial score (nSPS) is 18.6. The van der Waals surface area contributed by atoms with Crippen LogP contribution in [0.4, 0.5) is 18.0 Å². The van der Waals surface area contributed by atoms with Crippen LogP contribution >= 0.6 is 0 Å². The quantitative estimate of drug-likeness (QED) is 0.891. The van der Waals surface area contributed by atoms with Crippen LogP contribution in [0.25, 0.3) is 0 Å². The summed E-state index contributed by atoms with van der Waals surface area (Å²) in [5.41, 5.74) is -2.67. The number of likely N-dealkylation sites (tertiary alicyclic amines) is 1. The molecule has 1 aliphatic rings. The standard InChI is InChI=1S/C13H18F3N3O2/c14-13(15,16)12(21)3-8-19(9-4-12)11(20)17-5-10-18-6-1-2-7-18/h1-2,6-7,21H,3-5,8-10H2,(H,17,20). The van der Waals surface area contributed by atoms with Gasteiger partial charge in [-0.25, -0.2) is 4.79 Å². The number of aliphatic hydroxyl groups is 1. The first-order valence-electron chi connectivity index (χ1n) is 6.74. The van der Waals surface area contributed by atoms with Gasteiger partial charge >= 0.3 is 12.2 Å². The number of carbonyl (C=O) groups excluding carboxylic acids is 1. The van der Waals surface area contributed by atoms with Gasteiger partial charge in [-0.3, -0.25) is 0 Å². The molecular weight excluding hydrogens is 287 g/mol. The van der Waals surface area contributed by atoms with Gasteiger partial charge in [0, 0.05) is 51.4 Å². The summed E-state index contributed by atoms with van der Waals surface area (Å²) >= 11 is 0. The Balaban J connectivity index is 1.75. The first kappa shape index (κ1) is 15.7. The van der Waals surface area contributed by atoms with Gasteiger partial charge in [0.15, 0.2) is 5.60 Å². The molecule has 5 nitrogen and oxygen atoms in total. The Morgan fingerprint density at radius 1 is 1.24 bits per heavy atom. The lowest BCUT2D eigenvalue weighted by molar-refractivity contribution is -0.271. The summed E-state index contributed by atoms with van der Waals surface area (Å²) in [4.78, 5) is 13.1. The fourth-order valence-electron chi connectivity index (χ4n) is 2.29. The van der Waals surface area contributed by atoms with Crippen LogP contribution in [0.1, 0.15) is 12.8 Å². The molecule has 1 aromatic heterocycles. The number of hydrogen-bond acceptors (Lipinski definition) is 2. The van der Waals surface area contributed by atoms with Crippen LogP contribution in [0.5, 0.6) is 0 Å². The van der Waals surface area contributed by atoms with Gasteiger partial charge in [-0.05, 0) is 12.1 Å². The lowest BCUT2D eigenvalue weighted by atomic mass is 9.91. The minimum absolute atomic E-state index is 0.106. The van der Waals surface area contributed by atoms with Crippen molar-refractivity contribution in [2.75, 3.05) is 19.6 Å². The Kier molecular flexibility index (Phi) is 4.46. The predicted octanol–water partition coefficient (Wildman–Crippen LogP) is 1.59. The number of halogens is 3. The number of carbonyl (C=O) groups is 1. The molecule has 1 aromatic rings. The molecule has 0 aliphatic carbocycles. The van der Waals surface area contributed by atoms with E-state index < -0.39 is 30.7 Å². The summed E-state index contributed by atoms with van der Waals surface area (Å²) in [7, 11) is 0. The molecule has 2 N–H and O–H groups in total. The molecule has 2 amide bonds. The summed E-state index contributed by atoms with van der Waals surface area (Å²) in [6.45, 7) is 0.781. The van der Waals surface area contributed by atoms with Crippen LogP contribution in [0.2, 0.25) is 0 Å². The third-order valence-corrected chi connectivity index (χ3v) is 3.72. The van der Waals surface area contributed by atoms with Crippen LogP contribution in [0.15, 0.2) is 24.5 Å². The Morgan fingerprint density at radius 2 is 1.81 bits per heavy atom. The third kappa shape index (κ3) is 3.69. The minimum atomic E-state index is -4.65. The smallest absolute Gasteiger partial charge is 0.380 e. The molecule has 0 spiro atoms. The van der Waals surface area contributed by atoms with E-state index in [9.17, 15) is 23.1 Å². The fourth-order valence-corrected chi connectivity index (χ4v) is 2.29. The zero-order chi connectivity index (χ0) is 15.5. The molecule has 0 radical (unpaired) electrons. The largest absolute Gasteiger partial charge is 0.417 e. The molecular formula is C13H18F3N3O2. The van der Waals surface area contributed by atoms with Crippen molar-refractivity contribution in [2.24, 2.45) is 0 Å². The lowest BCUT2D eigenvalue weighted by Crippen LogP contribution is -2.56. The van der Waals surface area contributed by atoms with Crippen LogP contribution in [-0.2, 0) is 6.54 Å². The number of piperidine rings is 1. The Hall–Kier alpha value is -1.70. The van der Waals surface area contributed by atoms with Crippen molar-refractivity contribution in [2.45, 2.75) is 31.2 Å². The highest BCUT2D eigenvalue weighted by Gasteiger charge is 2.54. The van der Waals surface area contributed by atoms with Gasteiger partial charge in [0.1, 0.15) is 0 Å². The summed E-state index contributed by atoms with van der Waals surface area (Å²) in [6, 6.07) is 3.33. The van der Waals surface area contributed by atoms with E-state index >= 15 is 0 Å². The summed E-state index contributed by atoms with van der Waals surface area (Å²) in [6.07, 6.45) is -1.90. The van der Waals surface area contributed by atoms with Crippen molar-refractivity contribution in [1.82, 2.24) is 14.8 Å². The van der Waals surface area contributed by atoms with E-state index in [1.54, 1.807) is 0 Å². The first-order valence-corrected chi connectivity index (χ1v) is 6.74. The SMILES string of the molecule is O=C(NCCn1cccc1)N1CCC(O)(C(F)(F)F)CC1. The van der Waals surface area contributed by atoms with Crippen molar-refractivity contribution >= 4 is 6.03 Å². The molecule has 118 valence electrons. The number of nitrogens with zero attached hydrogens (tertiary/aromatic N) is 2. The maximum Gasteiger partial charge on any atom is 0.417 e. The molecule has 2 rings (SSSR count). The van der Waals surface area contributed by atoms with Crippen LogP contribution in [0.3, 0.4) is 0 Å². The molecule has 8 heteroatoms. The Labute approximate surface area is 120 Å². The molecule has 1 aliphatic heterocycles. The Bertz CT molecular complexity index is 466. The van der Waals surface area contributed by atoms with Gasteiger partial charge in [-0.1, -0.05) is 0 Å². The van der Waals surface area contributed by atoms with E-state index in [0.717, 1.165) is 0 Å². The van der Waals surface area contributed by atoms with Gasteiger partial charge in [0.25, 0.3) is 0 Å². The Morgan fingerprint density at radius 3 is 2.33 bits per heavy atom. The van der Waals surface area contributed by atoms with Crippen molar-refractivity contribution < 1.29 is 23.1 Å². The molecule has 0 aromatic carbocycles. The molecule has 21 heavy (non-hydrogen) atoms. The minimum Gasteiger partial charge on any atom is -0.380 e. The highest BCUT2D eigenvalue weighted by molar-refractivity contribution is 5.74. The van der Waals surface area contributed by atoms with Crippen molar-refractivity contribution in [1.29, 1.82) is 0 Å². The van der Waals surface area contributed by atoms with E-state index in [0.29, 0.717) is 13.1 Å². The fraction of sp³-hybridized carbons (Fsp3) is 0.615. The topological polar surface area (TPSA) is 57.5 Å². The summed E-state index contributed by atoms with van der Waals surface area (Å²) in [5.74, 6) is 0. The number of rotatable bonds is 3. The zero-order valence-electron chi connectivity index (χ0n) is 11.4. The van der Waals surface area contributed by atoms with Crippen LogP contribution in [0, 0.1) is 0 Å². The van der Waals surface area contributed by atoms with Crippen LogP contribution in [-0.4, -0.2) is 52.0 Å². The summed E-state index contributed by atoms with van der Waals surface area (Å²) < 4.78 is 39.8. The third-order valence-electron chi connectivity index (χ3n) is 3.72. The number of amides is 2. The zero-order valence-corrected chi connectivity index (χ0v) is 11.4. The van der Waals surface area contributed by atoms with Crippen molar-refractivity contribution in [3.8, 4) is 0 Å². The average Bonchev–Trinajstić information content (AvgIpc) is 2.91. The van der Waals surface area contributed by atoms with Gasteiger partial charge in [-0.2, -0.15) is 13.2 Å². The first-order chi connectivity index (χ1) is 9.82. The second-order valence-corrected chi connectivity index (χ2v) is 5.17. The highest BCUT2D eigenvalue weighted by atomic mass is 19.4. The van der Waals surface area contributed by atoms with Gasteiger partial charge < -0.3 is 19.9 Å². The second kappa shape index (κ2) is 5.97. The maximum atomic E-state index is 12.6. The lowest BCUT2D eigenvalue weighted by Gasteiger charge is -2.39. The van der Waals surface area contributed by atoms with E-state index in [1.165, 1.54) is 4.90 Å². The number of aromatic nitrogens is 1. The average molecular weight is 305 g/mol. The molecule has 0 saturated carbocycles. The number of nitrogens with one attached hydrogen (secondary N) is 1. The van der Waals surface area contributed by atoms with Crippen LogP contribution < -0.4 is 5.32 Å². The van der Waals surface area contributed by atoms with E-state index in [-0.39, 0.29) is 13.1 Å². The number of hydrogen-bond donors (Lipinski definition) is 2. The maximum absolute atomic E-state index is 12.6. The summed E-state index contributed by atoms with van der Waals surface area (Å²) in [5, 5.41) is 12.2. The molecule has 2 heterocycles. The van der Waals surface area contributed by atoms with E-state index in [4.69, 9.17) is 0 Å². The van der Waals surface area contributed by atoms with E-state index in [2.05, 4.69) is 5.32 Å². The monoisotopic (exact) mass is 305 g/mol. The predicted molar refractivity (Wildman–Crippen MR) is 69.6 cm³/mol. The van der Waals surface area contributed by atoms with E-state index in [1.807, 2.05) is 29.1 Å². The van der Waals surface area contributed by atoms with Gasteiger partial charge in [0.05, 0.1) is 0 Å². The van der Waals surface area contributed by atoms with Crippen molar-refractivity contribution in [3.05, 3.63) is 24.5 Å². The second-order valence-electron chi connectivity index (χ2n) is 5.17. The number of urea groups is 1. The molecule has 1 fully saturated rings. The van der Waals surface area contributed by atoms with Crippen molar-refractivity contribution in [3.63, 3.8) is 0 Å². The van der Waals surface area contributed by atoms with Gasteiger partial charge in [0.2, 0.25) is 0 Å². The molecule has 0 atom stereocenters.